The quantitative estimate of drug-likeness (QED) is 0.545. The molecule has 2 aromatic carbocycles. The molecule has 0 aromatic heterocycles. The van der Waals surface area contributed by atoms with Gasteiger partial charge in [0.1, 0.15) is 0 Å². The minimum Gasteiger partial charge on any atom is -0.0950 e. The molecule has 2 rings (SSSR count). The van der Waals surface area contributed by atoms with Crippen LogP contribution in [-0.4, -0.2) is 0 Å². The summed E-state index contributed by atoms with van der Waals surface area (Å²) in [6, 6.07) is 9.11. The van der Waals surface area contributed by atoms with Gasteiger partial charge in [0.2, 0.25) is 0 Å². The van der Waals surface area contributed by atoms with Crippen LogP contribution in [0.15, 0.2) is 37.4 Å². The van der Waals surface area contributed by atoms with Gasteiger partial charge in [0.15, 0.2) is 0 Å². The van der Waals surface area contributed by atoms with Crippen molar-refractivity contribution < 1.29 is 0 Å². The van der Waals surface area contributed by atoms with Crippen molar-refractivity contribution in [1.82, 2.24) is 0 Å². The molecule has 0 N–H and O–H groups in total. The van der Waals surface area contributed by atoms with E-state index in [0.29, 0.717) is 5.92 Å². The lowest BCUT2D eigenvalue weighted by Crippen LogP contribution is -2.00. The van der Waals surface area contributed by atoms with Crippen molar-refractivity contribution in [3.63, 3.8) is 0 Å². The average molecular weight is 333 g/mol. The molecule has 0 spiro atoms. The molecule has 0 heterocycles. The Morgan fingerprint density at radius 3 is 1.76 bits per heavy atom. The van der Waals surface area contributed by atoms with Gasteiger partial charge in [-0.3, -0.25) is 0 Å². The average Bonchev–Trinajstić information content (AvgIpc) is 2.55. The van der Waals surface area contributed by atoms with Crippen molar-refractivity contribution in [1.29, 1.82) is 0 Å². The first kappa shape index (κ1) is 19.2. The van der Waals surface area contributed by atoms with Crippen LogP contribution < -0.4 is 0 Å². The first-order valence-corrected chi connectivity index (χ1v) is 9.17. The Hall–Kier alpha value is -2.08. The van der Waals surface area contributed by atoms with Crippen molar-refractivity contribution in [3.8, 4) is 0 Å². The fraction of sp³-hybridized carbons (Fsp3) is 0.360. The highest BCUT2D eigenvalue weighted by Gasteiger charge is 2.12. The van der Waals surface area contributed by atoms with Crippen molar-refractivity contribution in [2.45, 2.75) is 54.9 Å². The maximum atomic E-state index is 4.39. The molecule has 132 valence electrons. The third-order valence-electron chi connectivity index (χ3n) is 5.58. The van der Waals surface area contributed by atoms with Gasteiger partial charge in [-0.25, -0.2) is 0 Å². The summed E-state index contributed by atoms with van der Waals surface area (Å²) in [7, 11) is 0. The zero-order chi connectivity index (χ0) is 18.9. The van der Waals surface area contributed by atoms with E-state index in [4.69, 9.17) is 0 Å². The number of benzene rings is 2. The highest BCUT2D eigenvalue weighted by Crippen LogP contribution is 2.29. The lowest BCUT2D eigenvalue weighted by molar-refractivity contribution is 0.857. The summed E-state index contributed by atoms with van der Waals surface area (Å²) in [6.45, 7) is 24.0. The Kier molecular flexibility index (Phi) is 5.72. The van der Waals surface area contributed by atoms with Crippen LogP contribution in [-0.2, 0) is 6.42 Å². The molecule has 0 heteroatoms. The minimum absolute atomic E-state index is 0.459. The molecule has 0 bridgehead atoms. The minimum atomic E-state index is 0.459. The molecule has 0 unspecified atom stereocenters. The van der Waals surface area contributed by atoms with Crippen molar-refractivity contribution in [3.05, 3.63) is 81.9 Å². The number of rotatable bonds is 5. The van der Waals surface area contributed by atoms with E-state index in [1.807, 2.05) is 0 Å². The lowest BCUT2D eigenvalue weighted by Gasteiger charge is -2.17. The van der Waals surface area contributed by atoms with E-state index in [1.165, 1.54) is 55.7 Å². The van der Waals surface area contributed by atoms with Gasteiger partial charge in [-0.1, -0.05) is 51.3 Å². The second-order valence-electron chi connectivity index (χ2n) is 7.77. The highest BCUT2D eigenvalue weighted by atomic mass is 14.2. The fourth-order valence-electron chi connectivity index (χ4n) is 3.21. The lowest BCUT2D eigenvalue weighted by atomic mass is 9.88. The van der Waals surface area contributed by atoms with Crippen LogP contribution in [0.4, 0.5) is 0 Å². The Morgan fingerprint density at radius 1 is 0.760 bits per heavy atom. The Balaban J connectivity index is 2.39. The Morgan fingerprint density at radius 2 is 1.24 bits per heavy atom. The number of allylic oxidation sites excluding steroid dienone is 2. The normalized spacial score (nSPS) is 11.0. The molecule has 0 aliphatic carbocycles. The summed E-state index contributed by atoms with van der Waals surface area (Å²) in [5.41, 5.74) is 13.0. The Labute approximate surface area is 154 Å². The van der Waals surface area contributed by atoms with Gasteiger partial charge in [0, 0.05) is 0 Å². The third-order valence-corrected chi connectivity index (χ3v) is 5.58. The largest absolute Gasteiger partial charge is 0.0950 e. The molecular formula is C25H32. The number of aryl methyl sites for hydroxylation is 3. The van der Waals surface area contributed by atoms with Crippen LogP contribution in [0, 0.1) is 40.5 Å². The van der Waals surface area contributed by atoms with Gasteiger partial charge in [-0.2, -0.15) is 0 Å². The van der Waals surface area contributed by atoms with Crippen LogP contribution in [0.1, 0.15) is 58.4 Å². The van der Waals surface area contributed by atoms with Gasteiger partial charge < -0.3 is 0 Å². The van der Waals surface area contributed by atoms with Gasteiger partial charge >= 0.3 is 0 Å². The predicted molar refractivity (Wildman–Crippen MR) is 113 cm³/mol. The predicted octanol–water partition coefficient (Wildman–Crippen LogP) is 7.15. The van der Waals surface area contributed by atoms with E-state index in [0.717, 1.165) is 6.42 Å². The topological polar surface area (TPSA) is 0 Å². The zero-order valence-corrected chi connectivity index (χ0v) is 17.0. The monoisotopic (exact) mass is 332 g/mol. The van der Waals surface area contributed by atoms with E-state index in [9.17, 15) is 0 Å². The second-order valence-corrected chi connectivity index (χ2v) is 7.77. The molecule has 0 nitrogen and oxygen atoms in total. The molecule has 2 aromatic rings. The van der Waals surface area contributed by atoms with Crippen molar-refractivity contribution in [2.75, 3.05) is 0 Å². The molecule has 25 heavy (non-hydrogen) atoms. The van der Waals surface area contributed by atoms with E-state index in [-0.39, 0.29) is 0 Å². The van der Waals surface area contributed by atoms with Crippen LogP contribution >= 0.6 is 0 Å². The SMILES string of the molecule is C=C(Cc1cc(C(=C)C(C)C)cc(C)c1C)c1cc(C)c(C)c(C)c1. The van der Waals surface area contributed by atoms with Crippen LogP contribution in [0.2, 0.25) is 0 Å². The maximum Gasteiger partial charge on any atom is -0.00228 e. The first-order chi connectivity index (χ1) is 11.6. The van der Waals surface area contributed by atoms with E-state index < -0.39 is 0 Å². The number of hydrogen-bond acceptors (Lipinski definition) is 0. The molecule has 0 fully saturated rings. The first-order valence-electron chi connectivity index (χ1n) is 9.17. The summed E-state index contributed by atoms with van der Waals surface area (Å²) in [5, 5.41) is 0. The molecule has 0 saturated heterocycles. The highest BCUT2D eigenvalue weighted by molar-refractivity contribution is 5.71. The Bertz CT molecular complexity index is 808. The maximum absolute atomic E-state index is 4.39. The standard InChI is InChI=1S/C25H32/c1-15(2)20(7)24-12-18(5)22(9)25(14-24)13-19(6)23-10-16(3)21(8)17(4)11-23/h10-12,14-15H,6-7,13H2,1-5,8-9H3. The third kappa shape index (κ3) is 4.12. The van der Waals surface area contributed by atoms with E-state index in [2.05, 4.69) is 85.9 Å². The fourth-order valence-corrected chi connectivity index (χ4v) is 3.21. The van der Waals surface area contributed by atoms with Gasteiger partial charge in [0.05, 0.1) is 0 Å². The second kappa shape index (κ2) is 7.44. The summed E-state index contributed by atoms with van der Waals surface area (Å²) >= 11 is 0. The van der Waals surface area contributed by atoms with Crippen LogP contribution in [0.5, 0.6) is 0 Å². The molecule has 0 atom stereocenters. The summed E-state index contributed by atoms with van der Waals surface area (Å²) in [5.74, 6) is 0.459. The smallest absolute Gasteiger partial charge is 0.00228 e. The van der Waals surface area contributed by atoms with Crippen molar-refractivity contribution in [2.24, 2.45) is 5.92 Å². The van der Waals surface area contributed by atoms with E-state index in [1.54, 1.807) is 0 Å². The number of hydrogen-bond donors (Lipinski definition) is 0. The molecule has 0 radical (unpaired) electrons. The summed E-state index contributed by atoms with van der Waals surface area (Å²) < 4.78 is 0. The van der Waals surface area contributed by atoms with Crippen molar-refractivity contribution >= 4 is 11.1 Å². The summed E-state index contributed by atoms with van der Waals surface area (Å²) in [4.78, 5) is 0. The molecule has 0 amide bonds. The molecule has 0 saturated carbocycles. The molecule has 0 aliphatic heterocycles. The summed E-state index contributed by atoms with van der Waals surface area (Å²) in [6.07, 6.45) is 0.883. The van der Waals surface area contributed by atoms with Gasteiger partial charge in [-0.05, 0) is 103 Å². The van der Waals surface area contributed by atoms with Crippen LogP contribution in [0.3, 0.4) is 0 Å². The van der Waals surface area contributed by atoms with E-state index >= 15 is 0 Å². The molecule has 0 aliphatic rings. The molecular weight excluding hydrogens is 300 g/mol. The zero-order valence-electron chi connectivity index (χ0n) is 17.0. The van der Waals surface area contributed by atoms with Gasteiger partial charge in [0.25, 0.3) is 0 Å². The van der Waals surface area contributed by atoms with Crippen LogP contribution in [0.25, 0.3) is 11.1 Å². The van der Waals surface area contributed by atoms with Gasteiger partial charge in [-0.15, -0.1) is 0 Å².